The number of ether oxygens (including phenoxy) is 2. The van der Waals surface area contributed by atoms with Gasteiger partial charge in [0.15, 0.2) is 19.3 Å². The van der Waals surface area contributed by atoms with E-state index in [9.17, 15) is 17.3 Å². The van der Waals surface area contributed by atoms with E-state index in [1.54, 1.807) is 7.11 Å². The Morgan fingerprint density at radius 2 is 1.73 bits per heavy atom. The van der Waals surface area contributed by atoms with Crippen molar-refractivity contribution in [1.82, 2.24) is 0 Å². The fourth-order valence-electron chi connectivity index (χ4n) is 0.940. The Morgan fingerprint density at radius 3 is 2.13 bits per heavy atom. The van der Waals surface area contributed by atoms with Crippen molar-refractivity contribution in [1.29, 1.82) is 0 Å². The normalized spacial score (nSPS) is 16.7. The van der Waals surface area contributed by atoms with Crippen LogP contribution < -0.4 is 0 Å². The van der Waals surface area contributed by atoms with E-state index < -0.39 is 7.25 Å². The van der Waals surface area contributed by atoms with Gasteiger partial charge in [0.1, 0.15) is 19.8 Å². The SMILES string of the molecule is COCC=[N+]1CCOCC1.F[B-](F)(F)F. The first-order chi connectivity index (χ1) is 6.93. The molecule has 0 amide bonds. The molecular formula is C7H14BF4NO2. The zero-order valence-corrected chi connectivity index (χ0v) is 8.47. The molecule has 0 aliphatic carbocycles. The third-order valence-electron chi connectivity index (χ3n) is 1.55. The molecule has 1 saturated heterocycles. The topological polar surface area (TPSA) is 21.5 Å². The van der Waals surface area contributed by atoms with Crippen LogP contribution in [0.15, 0.2) is 0 Å². The van der Waals surface area contributed by atoms with Crippen molar-refractivity contribution in [2.75, 3.05) is 40.0 Å². The second-order valence-electron chi connectivity index (χ2n) is 2.78. The van der Waals surface area contributed by atoms with Crippen LogP contribution in [-0.4, -0.2) is 58.1 Å². The Hall–Kier alpha value is -0.625. The molecule has 0 bridgehead atoms. The van der Waals surface area contributed by atoms with E-state index in [1.165, 1.54) is 0 Å². The Labute approximate surface area is 85.8 Å². The van der Waals surface area contributed by atoms with Gasteiger partial charge in [0.2, 0.25) is 0 Å². The highest BCUT2D eigenvalue weighted by Crippen LogP contribution is 2.06. The Balaban J connectivity index is 0.000000336. The van der Waals surface area contributed by atoms with E-state index in [-0.39, 0.29) is 0 Å². The van der Waals surface area contributed by atoms with Crippen molar-refractivity contribution < 1.29 is 31.3 Å². The van der Waals surface area contributed by atoms with Crippen molar-refractivity contribution in [3.8, 4) is 0 Å². The molecule has 1 fully saturated rings. The minimum Gasteiger partial charge on any atom is -0.418 e. The summed E-state index contributed by atoms with van der Waals surface area (Å²) < 4.78 is 51.3. The molecule has 15 heavy (non-hydrogen) atoms. The molecular weight excluding hydrogens is 217 g/mol. The standard InChI is InChI=1S/C7H14NO2.BF4/c1-9-5-2-8-3-6-10-7-4-8;2-1(3,4)5/h2H,3-7H2,1H3;/q+1;-1. The maximum absolute atomic E-state index is 9.75. The number of halogens is 4. The van der Waals surface area contributed by atoms with Crippen molar-refractivity contribution >= 4 is 13.5 Å². The van der Waals surface area contributed by atoms with Crippen LogP contribution in [0.4, 0.5) is 17.3 Å². The first-order valence-electron chi connectivity index (χ1n) is 4.45. The van der Waals surface area contributed by atoms with E-state index in [1.807, 2.05) is 0 Å². The number of rotatable bonds is 2. The summed E-state index contributed by atoms with van der Waals surface area (Å²) in [6.45, 7) is 4.41. The lowest BCUT2D eigenvalue weighted by atomic mass is 10.3. The first kappa shape index (κ1) is 14.4. The molecule has 8 heteroatoms. The molecule has 0 unspecified atom stereocenters. The maximum atomic E-state index is 9.75. The highest BCUT2D eigenvalue weighted by molar-refractivity contribution is 6.50. The van der Waals surface area contributed by atoms with Crippen LogP contribution in [0.2, 0.25) is 0 Å². The van der Waals surface area contributed by atoms with Gasteiger partial charge in [-0.2, -0.15) is 0 Å². The van der Waals surface area contributed by atoms with Gasteiger partial charge in [0.05, 0.1) is 0 Å². The van der Waals surface area contributed by atoms with Gasteiger partial charge in [0.25, 0.3) is 0 Å². The van der Waals surface area contributed by atoms with E-state index >= 15 is 0 Å². The Bertz CT molecular complexity index is 184. The number of hydrogen-bond donors (Lipinski definition) is 0. The van der Waals surface area contributed by atoms with Crippen LogP contribution in [0.1, 0.15) is 0 Å². The monoisotopic (exact) mass is 231 g/mol. The first-order valence-corrected chi connectivity index (χ1v) is 4.45. The van der Waals surface area contributed by atoms with E-state index in [0.29, 0.717) is 6.61 Å². The van der Waals surface area contributed by atoms with Gasteiger partial charge in [0, 0.05) is 7.11 Å². The fourth-order valence-corrected chi connectivity index (χ4v) is 0.940. The molecule has 90 valence electrons. The van der Waals surface area contributed by atoms with Gasteiger partial charge < -0.3 is 26.7 Å². The van der Waals surface area contributed by atoms with Crippen molar-refractivity contribution in [2.24, 2.45) is 0 Å². The molecule has 0 aromatic carbocycles. The summed E-state index contributed by atoms with van der Waals surface area (Å²) in [7, 11) is -4.29. The maximum Gasteiger partial charge on any atom is 0.673 e. The molecule has 0 N–H and O–H groups in total. The van der Waals surface area contributed by atoms with Gasteiger partial charge in [-0.15, -0.1) is 0 Å². The lowest BCUT2D eigenvalue weighted by molar-refractivity contribution is -0.546. The highest BCUT2D eigenvalue weighted by Gasteiger charge is 2.20. The van der Waals surface area contributed by atoms with Crippen LogP contribution in [0.3, 0.4) is 0 Å². The molecule has 0 radical (unpaired) electrons. The predicted octanol–water partition coefficient (Wildman–Crippen LogP) is 1.05. The summed E-state index contributed by atoms with van der Waals surface area (Å²) >= 11 is 0. The zero-order valence-electron chi connectivity index (χ0n) is 8.47. The fraction of sp³-hybridized carbons (Fsp3) is 0.857. The molecule has 3 nitrogen and oxygen atoms in total. The zero-order chi connectivity index (χ0) is 11.7. The minimum absolute atomic E-state index is 0.708. The average molecular weight is 231 g/mol. The minimum atomic E-state index is -6.00. The van der Waals surface area contributed by atoms with E-state index in [2.05, 4.69) is 10.8 Å². The van der Waals surface area contributed by atoms with Crippen LogP contribution in [-0.2, 0) is 9.47 Å². The van der Waals surface area contributed by atoms with Gasteiger partial charge >= 0.3 is 7.25 Å². The Morgan fingerprint density at radius 1 is 1.27 bits per heavy atom. The van der Waals surface area contributed by atoms with Crippen molar-refractivity contribution in [3.05, 3.63) is 0 Å². The van der Waals surface area contributed by atoms with Crippen LogP contribution in [0.25, 0.3) is 0 Å². The summed E-state index contributed by atoms with van der Waals surface area (Å²) in [5.41, 5.74) is 0. The quantitative estimate of drug-likeness (QED) is 0.402. The summed E-state index contributed by atoms with van der Waals surface area (Å²) in [4.78, 5) is 0. The van der Waals surface area contributed by atoms with Gasteiger partial charge in [-0.25, -0.2) is 4.58 Å². The van der Waals surface area contributed by atoms with E-state index in [4.69, 9.17) is 9.47 Å². The van der Waals surface area contributed by atoms with Crippen LogP contribution >= 0.6 is 0 Å². The molecule has 0 atom stereocenters. The van der Waals surface area contributed by atoms with Crippen molar-refractivity contribution in [2.45, 2.75) is 0 Å². The Kier molecular flexibility index (Phi) is 7.32. The van der Waals surface area contributed by atoms with E-state index in [0.717, 1.165) is 26.3 Å². The number of hydrogen-bond acceptors (Lipinski definition) is 2. The molecule has 1 aliphatic heterocycles. The number of methoxy groups -OCH3 is 1. The third-order valence-corrected chi connectivity index (χ3v) is 1.55. The summed E-state index contributed by atoms with van der Waals surface area (Å²) in [5.74, 6) is 0. The lowest BCUT2D eigenvalue weighted by Crippen LogP contribution is -2.30. The molecule has 1 heterocycles. The lowest BCUT2D eigenvalue weighted by Gasteiger charge is -2.09. The summed E-state index contributed by atoms with van der Waals surface area (Å²) in [6.07, 6.45) is 2.07. The average Bonchev–Trinajstić information content (AvgIpc) is 2.14. The second-order valence-corrected chi connectivity index (χ2v) is 2.78. The molecule has 0 saturated carbocycles. The molecule has 0 aromatic rings. The molecule has 0 aromatic heterocycles. The van der Waals surface area contributed by atoms with Crippen LogP contribution in [0.5, 0.6) is 0 Å². The van der Waals surface area contributed by atoms with Gasteiger partial charge in [-0.1, -0.05) is 0 Å². The van der Waals surface area contributed by atoms with Crippen molar-refractivity contribution in [3.63, 3.8) is 0 Å². The number of morpholine rings is 1. The summed E-state index contributed by atoms with van der Waals surface area (Å²) in [5, 5.41) is 0. The largest absolute Gasteiger partial charge is 0.673 e. The highest BCUT2D eigenvalue weighted by atomic mass is 19.5. The molecule has 1 aliphatic rings. The van der Waals surface area contributed by atoms with Gasteiger partial charge in [-0.3, -0.25) is 0 Å². The molecule has 1 rings (SSSR count). The second kappa shape index (κ2) is 7.64. The third kappa shape index (κ3) is 13.4. The smallest absolute Gasteiger partial charge is 0.418 e. The predicted molar refractivity (Wildman–Crippen MR) is 48.9 cm³/mol. The summed E-state index contributed by atoms with van der Waals surface area (Å²) in [6, 6.07) is 0. The number of nitrogens with zero attached hydrogens (tertiary/aromatic N) is 1. The van der Waals surface area contributed by atoms with Gasteiger partial charge in [-0.05, 0) is 0 Å². The van der Waals surface area contributed by atoms with Crippen LogP contribution in [0, 0.1) is 0 Å². The molecule has 0 spiro atoms.